The summed E-state index contributed by atoms with van der Waals surface area (Å²) in [5.74, 6) is 0.676. The van der Waals surface area contributed by atoms with Crippen molar-refractivity contribution < 1.29 is 0 Å². The summed E-state index contributed by atoms with van der Waals surface area (Å²) in [6.45, 7) is 0. The number of rotatable bonds is 2. The molecule has 5 nitrogen and oxygen atoms in total. The Morgan fingerprint density at radius 2 is 1.95 bits per heavy atom. The van der Waals surface area contributed by atoms with Crippen LogP contribution in [0.1, 0.15) is 0 Å². The van der Waals surface area contributed by atoms with Crippen LogP contribution >= 0.6 is 34.2 Å². The van der Waals surface area contributed by atoms with Gasteiger partial charge in [-0.15, -0.1) is 0 Å². The van der Waals surface area contributed by atoms with Crippen LogP contribution < -0.4 is 5.32 Å². The number of hydrogen-bond acceptors (Lipinski definition) is 3. The monoisotopic (exact) mass is 409 g/mol. The van der Waals surface area contributed by atoms with E-state index >= 15 is 0 Å². The number of nitrogens with one attached hydrogen (secondary N) is 3. The maximum Gasteiger partial charge on any atom is 0.205 e. The van der Waals surface area contributed by atoms with Gasteiger partial charge in [-0.25, -0.2) is 9.97 Å². The van der Waals surface area contributed by atoms with Crippen LogP contribution in [0.3, 0.4) is 0 Å². The molecule has 0 unspecified atom stereocenters. The molecule has 21 heavy (non-hydrogen) atoms. The lowest BCUT2D eigenvalue weighted by Crippen LogP contribution is -1.91. The number of hydrogen-bond donors (Lipinski definition) is 3. The third kappa shape index (κ3) is 2.34. The molecule has 7 heteroatoms. The van der Waals surface area contributed by atoms with Crippen molar-refractivity contribution in [3.63, 3.8) is 0 Å². The van der Waals surface area contributed by atoms with Crippen LogP contribution in [-0.4, -0.2) is 19.9 Å². The number of aromatic amines is 2. The molecule has 0 fully saturated rings. The van der Waals surface area contributed by atoms with Gasteiger partial charge in [0.2, 0.25) is 5.95 Å². The number of halogens is 2. The number of fused-ring (bicyclic) bond motifs is 2. The molecular formula is C14H9ClIN5. The van der Waals surface area contributed by atoms with Gasteiger partial charge in [0.25, 0.3) is 0 Å². The summed E-state index contributed by atoms with van der Waals surface area (Å²) in [7, 11) is 0. The van der Waals surface area contributed by atoms with Crippen LogP contribution in [0, 0.1) is 3.57 Å². The number of aromatic nitrogens is 4. The highest BCUT2D eigenvalue weighted by atomic mass is 127. The highest BCUT2D eigenvalue weighted by Gasteiger charge is 2.09. The maximum atomic E-state index is 5.96. The molecule has 0 aliphatic rings. The van der Waals surface area contributed by atoms with E-state index in [2.05, 4.69) is 47.8 Å². The number of benzene rings is 1. The average molecular weight is 410 g/mol. The molecule has 3 aromatic heterocycles. The van der Waals surface area contributed by atoms with Crippen LogP contribution in [0.15, 0.2) is 36.5 Å². The molecule has 104 valence electrons. The van der Waals surface area contributed by atoms with Gasteiger partial charge in [0, 0.05) is 9.77 Å². The summed E-state index contributed by atoms with van der Waals surface area (Å²) in [6, 6.07) is 9.74. The number of nitrogens with zero attached hydrogens (tertiary/aromatic N) is 2. The number of pyridine rings is 1. The normalized spacial score (nSPS) is 11.3. The molecule has 0 aliphatic heterocycles. The van der Waals surface area contributed by atoms with Crippen molar-refractivity contribution in [2.24, 2.45) is 0 Å². The zero-order valence-corrected chi connectivity index (χ0v) is 13.5. The van der Waals surface area contributed by atoms with E-state index in [4.69, 9.17) is 11.6 Å². The van der Waals surface area contributed by atoms with Crippen molar-refractivity contribution in [1.29, 1.82) is 0 Å². The molecule has 0 amide bonds. The van der Waals surface area contributed by atoms with E-state index in [1.54, 1.807) is 6.07 Å². The molecule has 0 bridgehead atoms. The first kappa shape index (κ1) is 12.9. The average Bonchev–Trinajstić information content (AvgIpc) is 3.02. The Morgan fingerprint density at radius 1 is 1.10 bits per heavy atom. The Balaban J connectivity index is 1.77. The third-order valence-corrected chi connectivity index (χ3v) is 4.07. The van der Waals surface area contributed by atoms with Crippen LogP contribution in [0.5, 0.6) is 0 Å². The summed E-state index contributed by atoms with van der Waals surface area (Å²) in [5.41, 5.74) is 4.46. The zero-order chi connectivity index (χ0) is 14.4. The predicted octanol–water partition coefficient (Wildman–Crippen LogP) is 4.44. The molecule has 0 radical (unpaired) electrons. The first-order chi connectivity index (χ1) is 10.2. The zero-order valence-electron chi connectivity index (χ0n) is 10.6. The topological polar surface area (TPSA) is 69.4 Å². The first-order valence-electron chi connectivity index (χ1n) is 6.25. The van der Waals surface area contributed by atoms with Crippen molar-refractivity contribution in [3.05, 3.63) is 45.3 Å². The van der Waals surface area contributed by atoms with E-state index in [0.29, 0.717) is 11.1 Å². The minimum Gasteiger partial charge on any atom is -0.358 e. The largest absolute Gasteiger partial charge is 0.358 e. The Bertz CT molecular complexity index is 958. The summed E-state index contributed by atoms with van der Waals surface area (Å²) < 4.78 is 1.15. The van der Waals surface area contributed by atoms with E-state index in [1.807, 2.05) is 30.5 Å². The second-order valence-electron chi connectivity index (χ2n) is 4.60. The predicted molar refractivity (Wildman–Crippen MR) is 93.2 cm³/mol. The van der Waals surface area contributed by atoms with Crippen molar-refractivity contribution in [1.82, 2.24) is 19.9 Å². The Morgan fingerprint density at radius 3 is 2.86 bits per heavy atom. The smallest absolute Gasteiger partial charge is 0.205 e. The van der Waals surface area contributed by atoms with Gasteiger partial charge >= 0.3 is 0 Å². The van der Waals surface area contributed by atoms with E-state index < -0.39 is 0 Å². The molecule has 0 saturated carbocycles. The second kappa shape index (κ2) is 4.88. The SMILES string of the molecule is Clc1ccc2[nH]cc(Nc3nc4cc(I)ccc4[nH]3)c2n1. The molecule has 0 aliphatic carbocycles. The number of anilines is 2. The fourth-order valence-electron chi connectivity index (χ4n) is 2.24. The number of H-pyrrole nitrogens is 2. The van der Waals surface area contributed by atoms with E-state index in [9.17, 15) is 0 Å². The number of imidazole rings is 1. The van der Waals surface area contributed by atoms with Crippen molar-refractivity contribution in [3.8, 4) is 0 Å². The molecule has 4 aromatic rings. The van der Waals surface area contributed by atoms with Crippen molar-refractivity contribution >= 4 is 67.9 Å². The lowest BCUT2D eigenvalue weighted by Gasteiger charge is -1.99. The fraction of sp³-hybridized carbons (Fsp3) is 0. The molecule has 0 spiro atoms. The molecule has 0 saturated heterocycles. The molecular weight excluding hydrogens is 401 g/mol. The molecule has 4 rings (SSSR count). The van der Waals surface area contributed by atoms with Crippen LogP contribution in [0.2, 0.25) is 5.15 Å². The van der Waals surface area contributed by atoms with Crippen molar-refractivity contribution in [2.75, 3.05) is 5.32 Å². The van der Waals surface area contributed by atoms with Crippen LogP contribution in [0.25, 0.3) is 22.1 Å². The van der Waals surface area contributed by atoms with Crippen LogP contribution in [0.4, 0.5) is 11.6 Å². The fourth-order valence-corrected chi connectivity index (χ4v) is 2.86. The third-order valence-electron chi connectivity index (χ3n) is 3.19. The second-order valence-corrected chi connectivity index (χ2v) is 6.24. The lowest BCUT2D eigenvalue weighted by atomic mass is 10.3. The Labute approximate surface area is 138 Å². The standard InChI is InChI=1S/C14H9ClIN5/c15-12-4-3-9-13(21-12)11(6-17-9)20-14-18-8-2-1-7(16)5-10(8)19-14/h1-6,17H,(H2,18,19,20). The summed E-state index contributed by atoms with van der Waals surface area (Å²) in [4.78, 5) is 15.3. The molecule has 3 N–H and O–H groups in total. The Hall–Kier alpha value is -1.80. The van der Waals surface area contributed by atoms with E-state index in [-0.39, 0.29) is 0 Å². The van der Waals surface area contributed by atoms with Gasteiger partial charge in [-0.3, -0.25) is 0 Å². The van der Waals surface area contributed by atoms with Gasteiger partial charge in [-0.1, -0.05) is 11.6 Å². The summed E-state index contributed by atoms with van der Waals surface area (Å²) in [5, 5.41) is 3.70. The van der Waals surface area contributed by atoms with E-state index in [0.717, 1.165) is 31.3 Å². The first-order valence-corrected chi connectivity index (χ1v) is 7.71. The van der Waals surface area contributed by atoms with Gasteiger partial charge in [-0.05, 0) is 52.9 Å². The highest BCUT2D eigenvalue weighted by molar-refractivity contribution is 14.1. The van der Waals surface area contributed by atoms with E-state index in [1.165, 1.54) is 0 Å². The maximum absolute atomic E-state index is 5.96. The minimum atomic E-state index is 0.462. The summed E-state index contributed by atoms with van der Waals surface area (Å²) >= 11 is 8.23. The molecule has 0 atom stereocenters. The minimum absolute atomic E-state index is 0.462. The van der Waals surface area contributed by atoms with Gasteiger partial charge in [0.1, 0.15) is 10.7 Å². The van der Waals surface area contributed by atoms with Gasteiger partial charge in [0.15, 0.2) is 0 Å². The summed E-state index contributed by atoms with van der Waals surface area (Å²) in [6.07, 6.45) is 1.85. The molecule has 3 heterocycles. The quantitative estimate of drug-likeness (QED) is 0.339. The van der Waals surface area contributed by atoms with Crippen LogP contribution in [-0.2, 0) is 0 Å². The van der Waals surface area contributed by atoms with Gasteiger partial charge in [-0.2, -0.15) is 0 Å². The van der Waals surface area contributed by atoms with Crippen molar-refractivity contribution in [2.45, 2.75) is 0 Å². The highest BCUT2D eigenvalue weighted by Crippen LogP contribution is 2.26. The Kier molecular flexibility index (Phi) is 3.00. The van der Waals surface area contributed by atoms with Gasteiger partial charge in [0.05, 0.1) is 22.2 Å². The molecule has 1 aromatic carbocycles. The van der Waals surface area contributed by atoms with Gasteiger partial charge < -0.3 is 15.3 Å². The lowest BCUT2D eigenvalue weighted by molar-refractivity contribution is 1.31.